The summed E-state index contributed by atoms with van der Waals surface area (Å²) in [5.74, 6) is 0.565. The molecule has 30 heavy (non-hydrogen) atoms. The van der Waals surface area contributed by atoms with E-state index in [1.807, 2.05) is 66.7 Å². The van der Waals surface area contributed by atoms with Gasteiger partial charge in [-0.2, -0.15) is 0 Å². The van der Waals surface area contributed by atoms with Crippen LogP contribution in [0.2, 0.25) is 15.1 Å². The molecule has 0 unspecified atom stereocenters. The number of hydrogen-bond donors (Lipinski definition) is 2. The average Bonchev–Trinajstić information content (AvgIpc) is 2.75. The van der Waals surface area contributed by atoms with Crippen molar-refractivity contribution in [3.8, 4) is 22.4 Å². The van der Waals surface area contributed by atoms with Crippen LogP contribution in [0.5, 0.6) is 0 Å². The van der Waals surface area contributed by atoms with Gasteiger partial charge in [-0.15, -0.1) is 0 Å². The Morgan fingerprint density at radius 1 is 0.767 bits per heavy atom. The van der Waals surface area contributed by atoms with Gasteiger partial charge in [0.2, 0.25) is 0 Å². The molecule has 1 aromatic heterocycles. The summed E-state index contributed by atoms with van der Waals surface area (Å²) in [6.07, 6.45) is 1.28. The Kier molecular flexibility index (Phi) is 6.05. The number of nitrogens with one attached hydrogen (secondary N) is 2. The van der Waals surface area contributed by atoms with E-state index in [9.17, 15) is 0 Å². The van der Waals surface area contributed by atoms with Crippen LogP contribution in [0, 0.1) is 5.41 Å². The zero-order chi connectivity index (χ0) is 21.1. The minimum absolute atomic E-state index is 0.499. The number of benzene rings is 3. The molecule has 0 radical (unpaired) electrons. The average molecular weight is 453 g/mol. The highest BCUT2D eigenvalue weighted by Crippen LogP contribution is 2.38. The highest BCUT2D eigenvalue weighted by Gasteiger charge is 2.17. The maximum Gasteiger partial charge on any atom is 0.139 e. The van der Waals surface area contributed by atoms with Crippen molar-refractivity contribution in [1.82, 2.24) is 4.98 Å². The zero-order valence-electron chi connectivity index (χ0n) is 15.7. The summed E-state index contributed by atoms with van der Waals surface area (Å²) in [5, 5.41) is 12.9. The van der Waals surface area contributed by atoms with E-state index in [0.29, 0.717) is 32.1 Å². The molecule has 3 nitrogen and oxygen atoms in total. The Labute approximate surface area is 189 Å². The van der Waals surface area contributed by atoms with Crippen LogP contribution in [0.1, 0.15) is 5.56 Å². The van der Waals surface area contributed by atoms with Gasteiger partial charge in [0, 0.05) is 38.6 Å². The van der Waals surface area contributed by atoms with Crippen LogP contribution >= 0.6 is 34.8 Å². The van der Waals surface area contributed by atoms with E-state index in [2.05, 4.69) is 5.32 Å². The first-order chi connectivity index (χ1) is 14.5. The predicted octanol–water partition coefficient (Wildman–Crippen LogP) is 8.12. The Balaban J connectivity index is 1.94. The van der Waals surface area contributed by atoms with Crippen LogP contribution in [-0.4, -0.2) is 11.2 Å². The second-order valence-electron chi connectivity index (χ2n) is 6.59. The van der Waals surface area contributed by atoms with Gasteiger partial charge >= 0.3 is 0 Å². The SMILES string of the molecule is N=Cc1cc(-c2ccc(Cl)cc2)c(-c2ccc(Cl)cc2Cl)nc1Nc1ccccc1. The molecule has 6 heteroatoms. The number of para-hydroxylation sites is 1. The molecule has 2 N–H and O–H groups in total. The second kappa shape index (κ2) is 8.88. The van der Waals surface area contributed by atoms with E-state index in [4.69, 9.17) is 45.2 Å². The van der Waals surface area contributed by atoms with Crippen LogP contribution in [0.4, 0.5) is 11.5 Å². The number of nitrogens with zero attached hydrogens (tertiary/aromatic N) is 1. The molecule has 0 saturated carbocycles. The van der Waals surface area contributed by atoms with Crippen molar-refractivity contribution in [2.24, 2.45) is 0 Å². The maximum atomic E-state index is 7.92. The van der Waals surface area contributed by atoms with Crippen molar-refractivity contribution in [1.29, 1.82) is 5.41 Å². The molecule has 0 aliphatic carbocycles. The van der Waals surface area contributed by atoms with E-state index in [-0.39, 0.29) is 0 Å². The van der Waals surface area contributed by atoms with Gasteiger partial charge < -0.3 is 10.7 Å². The zero-order valence-corrected chi connectivity index (χ0v) is 17.9. The molecule has 0 amide bonds. The number of pyridine rings is 1. The molecular weight excluding hydrogens is 437 g/mol. The van der Waals surface area contributed by atoms with Crippen molar-refractivity contribution in [3.05, 3.63) is 99.5 Å². The number of rotatable bonds is 5. The van der Waals surface area contributed by atoms with Crippen molar-refractivity contribution in [2.45, 2.75) is 0 Å². The third-order valence-corrected chi connectivity index (χ3v) is 5.39. The van der Waals surface area contributed by atoms with Crippen LogP contribution in [-0.2, 0) is 0 Å². The molecular formula is C24H16Cl3N3. The maximum absolute atomic E-state index is 7.92. The van der Waals surface area contributed by atoms with Gasteiger partial charge in [-0.05, 0) is 54.1 Å². The lowest BCUT2D eigenvalue weighted by Gasteiger charge is -2.16. The Hall–Kier alpha value is -2.85. The largest absolute Gasteiger partial charge is 0.340 e. The van der Waals surface area contributed by atoms with Gasteiger partial charge in [-0.3, -0.25) is 0 Å². The van der Waals surface area contributed by atoms with Gasteiger partial charge in [0.15, 0.2) is 0 Å². The number of hydrogen-bond acceptors (Lipinski definition) is 3. The minimum atomic E-state index is 0.499. The van der Waals surface area contributed by atoms with Crippen LogP contribution in [0.25, 0.3) is 22.4 Å². The lowest BCUT2D eigenvalue weighted by atomic mass is 9.97. The summed E-state index contributed by atoms with van der Waals surface area (Å²) in [4.78, 5) is 4.88. The fraction of sp³-hybridized carbons (Fsp3) is 0. The molecule has 0 aliphatic heterocycles. The van der Waals surface area contributed by atoms with E-state index >= 15 is 0 Å². The molecule has 148 valence electrons. The smallest absolute Gasteiger partial charge is 0.139 e. The van der Waals surface area contributed by atoms with Gasteiger partial charge in [0.05, 0.1) is 10.7 Å². The molecule has 0 bridgehead atoms. The quantitative estimate of drug-likeness (QED) is 0.300. The third kappa shape index (κ3) is 4.34. The van der Waals surface area contributed by atoms with E-state index in [1.54, 1.807) is 12.1 Å². The fourth-order valence-electron chi connectivity index (χ4n) is 3.13. The summed E-state index contributed by atoms with van der Waals surface area (Å²) in [6.45, 7) is 0. The van der Waals surface area contributed by atoms with Gasteiger partial charge in [0.25, 0.3) is 0 Å². The molecule has 3 aromatic carbocycles. The van der Waals surface area contributed by atoms with Crippen LogP contribution in [0.3, 0.4) is 0 Å². The predicted molar refractivity (Wildman–Crippen MR) is 128 cm³/mol. The van der Waals surface area contributed by atoms with Gasteiger partial charge in [-0.1, -0.05) is 65.1 Å². The molecule has 0 fully saturated rings. The summed E-state index contributed by atoms with van der Waals surface area (Å²) in [6, 6.07) is 24.4. The highest BCUT2D eigenvalue weighted by molar-refractivity contribution is 6.36. The van der Waals surface area contributed by atoms with Crippen molar-refractivity contribution in [3.63, 3.8) is 0 Å². The minimum Gasteiger partial charge on any atom is -0.340 e. The van der Waals surface area contributed by atoms with Gasteiger partial charge in [-0.25, -0.2) is 4.98 Å². The third-order valence-electron chi connectivity index (χ3n) is 4.59. The Bertz CT molecular complexity index is 1210. The summed E-state index contributed by atoms with van der Waals surface area (Å²) >= 11 is 18.7. The van der Waals surface area contributed by atoms with Crippen molar-refractivity contribution < 1.29 is 0 Å². The molecule has 0 saturated heterocycles. The monoisotopic (exact) mass is 451 g/mol. The molecule has 0 aliphatic rings. The molecule has 4 rings (SSSR count). The molecule has 0 atom stereocenters. The summed E-state index contributed by atoms with van der Waals surface area (Å²) in [5.41, 5.74) is 4.72. The number of aromatic nitrogens is 1. The lowest BCUT2D eigenvalue weighted by molar-refractivity contribution is 1.29. The number of anilines is 2. The van der Waals surface area contributed by atoms with E-state index in [0.717, 1.165) is 22.4 Å². The first-order valence-corrected chi connectivity index (χ1v) is 10.3. The number of halogens is 3. The van der Waals surface area contributed by atoms with E-state index < -0.39 is 0 Å². The van der Waals surface area contributed by atoms with Crippen LogP contribution < -0.4 is 5.32 Å². The Morgan fingerprint density at radius 3 is 2.13 bits per heavy atom. The van der Waals surface area contributed by atoms with E-state index in [1.165, 1.54) is 6.21 Å². The van der Waals surface area contributed by atoms with Gasteiger partial charge in [0.1, 0.15) is 5.82 Å². The van der Waals surface area contributed by atoms with Crippen molar-refractivity contribution >= 4 is 52.5 Å². The summed E-state index contributed by atoms with van der Waals surface area (Å²) in [7, 11) is 0. The van der Waals surface area contributed by atoms with Crippen molar-refractivity contribution in [2.75, 3.05) is 5.32 Å². The standard InChI is InChI=1S/C24H16Cl3N3/c25-17-8-6-15(7-9-17)21-12-16(14-28)24(29-19-4-2-1-3-5-19)30-23(21)20-11-10-18(26)13-22(20)27/h1-14,28H,(H,29,30). The highest BCUT2D eigenvalue weighted by atomic mass is 35.5. The second-order valence-corrected chi connectivity index (χ2v) is 7.87. The molecule has 0 spiro atoms. The summed E-state index contributed by atoms with van der Waals surface area (Å²) < 4.78 is 0. The van der Waals surface area contributed by atoms with Crippen LogP contribution in [0.15, 0.2) is 78.9 Å². The molecule has 1 heterocycles. The fourth-order valence-corrected chi connectivity index (χ4v) is 3.76. The lowest BCUT2D eigenvalue weighted by Crippen LogP contribution is -2.02. The topological polar surface area (TPSA) is 48.8 Å². The normalized spacial score (nSPS) is 10.6. The first-order valence-electron chi connectivity index (χ1n) is 9.14. The first kappa shape index (κ1) is 20.4. The molecule has 4 aromatic rings. The Morgan fingerprint density at radius 2 is 1.47 bits per heavy atom.